The monoisotopic (exact) mass is 312 g/mol. The molecule has 2 heterocycles. The number of hydrogen-bond acceptors (Lipinski definition) is 4. The fourth-order valence-corrected chi connectivity index (χ4v) is 3.38. The Kier molecular flexibility index (Phi) is 2.97. The predicted octanol–water partition coefficient (Wildman–Crippen LogP) is 2.71. The second-order valence-corrected chi connectivity index (χ2v) is 5.91. The Labute approximate surface area is 130 Å². The van der Waals surface area contributed by atoms with Crippen LogP contribution < -0.4 is 14.3 Å². The highest BCUT2D eigenvalue weighted by Gasteiger charge is 2.16. The molecule has 3 aromatic rings. The molecule has 1 aliphatic rings. The second kappa shape index (κ2) is 4.99. The van der Waals surface area contributed by atoms with E-state index >= 15 is 0 Å². The molecule has 0 radical (unpaired) electrons. The maximum atomic E-state index is 12.2. The number of amides is 1. The Morgan fingerprint density at radius 1 is 1.18 bits per heavy atom. The van der Waals surface area contributed by atoms with Crippen LogP contribution in [0.3, 0.4) is 0 Å². The second-order valence-electron chi connectivity index (χ2n) is 4.90. The summed E-state index contributed by atoms with van der Waals surface area (Å²) in [5, 5.41) is 0. The molecule has 0 N–H and O–H groups in total. The molecule has 1 aliphatic heterocycles. The zero-order chi connectivity index (χ0) is 15.1. The third-order valence-corrected chi connectivity index (χ3v) is 4.62. The van der Waals surface area contributed by atoms with Gasteiger partial charge in [-0.25, -0.2) is 0 Å². The van der Waals surface area contributed by atoms with Crippen molar-refractivity contribution in [1.29, 1.82) is 0 Å². The van der Waals surface area contributed by atoms with Gasteiger partial charge in [0.25, 0.3) is 5.91 Å². The van der Waals surface area contributed by atoms with Gasteiger partial charge in [0, 0.05) is 24.7 Å². The van der Waals surface area contributed by atoms with E-state index in [-0.39, 0.29) is 12.7 Å². The maximum Gasteiger partial charge on any atom is 0.279 e. The molecule has 0 atom stereocenters. The van der Waals surface area contributed by atoms with Gasteiger partial charge in [0.2, 0.25) is 6.79 Å². The van der Waals surface area contributed by atoms with Gasteiger partial charge in [-0.1, -0.05) is 29.5 Å². The number of hydrogen-bond donors (Lipinski definition) is 0. The third-order valence-electron chi connectivity index (χ3n) is 3.52. The van der Waals surface area contributed by atoms with Gasteiger partial charge in [0.1, 0.15) is 0 Å². The van der Waals surface area contributed by atoms with Crippen LogP contribution in [0.5, 0.6) is 11.5 Å². The first-order chi connectivity index (χ1) is 10.7. The molecule has 0 unspecified atom stereocenters. The highest BCUT2D eigenvalue weighted by Crippen LogP contribution is 2.36. The number of rotatable bonds is 1. The van der Waals surface area contributed by atoms with E-state index in [0.29, 0.717) is 10.4 Å². The summed E-state index contributed by atoms with van der Waals surface area (Å²) in [4.78, 5) is 17.1. The van der Waals surface area contributed by atoms with Crippen molar-refractivity contribution < 1.29 is 14.3 Å². The smallest absolute Gasteiger partial charge is 0.279 e. The van der Waals surface area contributed by atoms with E-state index in [0.717, 1.165) is 21.7 Å². The van der Waals surface area contributed by atoms with E-state index in [2.05, 4.69) is 4.99 Å². The van der Waals surface area contributed by atoms with Crippen LogP contribution in [0, 0.1) is 0 Å². The number of nitrogens with zero attached hydrogens (tertiary/aromatic N) is 2. The normalized spacial score (nSPS) is 13.8. The quantitative estimate of drug-likeness (QED) is 0.694. The maximum absolute atomic E-state index is 12.2. The molecule has 2 aromatic carbocycles. The number of benzene rings is 2. The lowest BCUT2D eigenvalue weighted by atomic mass is 10.2. The van der Waals surface area contributed by atoms with Gasteiger partial charge in [-0.3, -0.25) is 4.79 Å². The Hall–Kier alpha value is -2.60. The van der Waals surface area contributed by atoms with Crippen molar-refractivity contribution in [3.63, 3.8) is 0 Å². The number of aromatic nitrogens is 1. The molecule has 0 aliphatic carbocycles. The molecule has 0 bridgehead atoms. The number of thiazole rings is 1. The van der Waals surface area contributed by atoms with E-state index in [1.165, 1.54) is 11.3 Å². The molecule has 1 aromatic heterocycles. The molecule has 1 amide bonds. The average Bonchev–Trinajstić information content (AvgIpc) is 3.11. The first kappa shape index (κ1) is 13.1. The van der Waals surface area contributed by atoms with Crippen LogP contribution in [0.1, 0.15) is 10.4 Å². The molecule has 5 nitrogen and oxygen atoms in total. The van der Waals surface area contributed by atoms with Crippen LogP contribution in [0.15, 0.2) is 47.5 Å². The molecular weight excluding hydrogens is 300 g/mol. The van der Waals surface area contributed by atoms with Crippen molar-refractivity contribution in [2.75, 3.05) is 6.79 Å². The first-order valence-corrected chi connectivity index (χ1v) is 7.57. The molecule has 110 valence electrons. The summed E-state index contributed by atoms with van der Waals surface area (Å²) in [5.41, 5.74) is 1.54. The van der Waals surface area contributed by atoms with Crippen LogP contribution in [-0.4, -0.2) is 17.3 Å². The van der Waals surface area contributed by atoms with Crippen LogP contribution in [-0.2, 0) is 7.05 Å². The summed E-state index contributed by atoms with van der Waals surface area (Å²) >= 11 is 1.45. The van der Waals surface area contributed by atoms with Crippen molar-refractivity contribution in [3.8, 4) is 11.5 Å². The SMILES string of the molecule is Cn1c(=NC(=O)c2ccccc2)sc2cc3c(cc21)OCO3. The van der Waals surface area contributed by atoms with E-state index in [1.807, 2.05) is 41.9 Å². The third kappa shape index (κ3) is 2.08. The summed E-state index contributed by atoms with van der Waals surface area (Å²) < 4.78 is 13.7. The summed E-state index contributed by atoms with van der Waals surface area (Å²) in [6, 6.07) is 12.9. The lowest BCUT2D eigenvalue weighted by Crippen LogP contribution is -2.13. The van der Waals surface area contributed by atoms with Gasteiger partial charge in [-0.05, 0) is 12.1 Å². The molecule has 0 saturated heterocycles. The van der Waals surface area contributed by atoms with Gasteiger partial charge >= 0.3 is 0 Å². The zero-order valence-electron chi connectivity index (χ0n) is 11.8. The summed E-state index contributed by atoms with van der Waals surface area (Å²) in [5.74, 6) is 1.21. The number of carbonyl (C=O) groups is 1. The number of aryl methyl sites for hydroxylation is 1. The van der Waals surface area contributed by atoms with Crippen molar-refractivity contribution in [3.05, 3.63) is 52.8 Å². The highest BCUT2D eigenvalue weighted by atomic mass is 32.1. The van der Waals surface area contributed by atoms with Crippen LogP contribution >= 0.6 is 11.3 Å². The highest BCUT2D eigenvalue weighted by molar-refractivity contribution is 7.16. The van der Waals surface area contributed by atoms with Gasteiger partial charge in [-0.2, -0.15) is 4.99 Å². The first-order valence-electron chi connectivity index (χ1n) is 6.75. The largest absolute Gasteiger partial charge is 0.454 e. The zero-order valence-corrected chi connectivity index (χ0v) is 12.6. The van der Waals surface area contributed by atoms with Crippen molar-refractivity contribution in [1.82, 2.24) is 4.57 Å². The topological polar surface area (TPSA) is 52.8 Å². The van der Waals surface area contributed by atoms with Gasteiger partial charge in [-0.15, -0.1) is 0 Å². The Bertz CT molecular complexity index is 941. The minimum Gasteiger partial charge on any atom is -0.454 e. The number of carbonyl (C=O) groups excluding carboxylic acids is 1. The fourth-order valence-electron chi connectivity index (χ4n) is 2.36. The lowest BCUT2D eigenvalue weighted by molar-refractivity contribution is 0.0998. The van der Waals surface area contributed by atoms with E-state index < -0.39 is 0 Å². The molecule has 6 heteroatoms. The van der Waals surface area contributed by atoms with Crippen LogP contribution in [0.4, 0.5) is 0 Å². The standard InChI is InChI=1S/C16H12N2O3S/c1-18-11-7-12-13(21-9-20-12)8-14(11)22-16(18)17-15(19)10-5-3-2-4-6-10/h2-8H,9H2,1H3. The summed E-state index contributed by atoms with van der Waals surface area (Å²) in [6.45, 7) is 0.250. The van der Waals surface area contributed by atoms with Crippen LogP contribution in [0.2, 0.25) is 0 Å². The molecular formula is C16H12N2O3S. The molecule has 0 fully saturated rings. The fraction of sp³-hybridized carbons (Fsp3) is 0.125. The molecule has 22 heavy (non-hydrogen) atoms. The summed E-state index contributed by atoms with van der Waals surface area (Å²) in [7, 11) is 1.89. The predicted molar refractivity (Wildman–Crippen MR) is 83.3 cm³/mol. The lowest BCUT2D eigenvalue weighted by Gasteiger charge is -1.98. The molecule has 0 spiro atoms. The van der Waals surface area contributed by atoms with Gasteiger partial charge < -0.3 is 14.0 Å². The Morgan fingerprint density at radius 2 is 1.91 bits per heavy atom. The van der Waals surface area contributed by atoms with Gasteiger partial charge in [0.15, 0.2) is 16.3 Å². The molecule has 4 rings (SSSR count). The Balaban J connectivity index is 1.84. The summed E-state index contributed by atoms with van der Waals surface area (Å²) in [6.07, 6.45) is 0. The van der Waals surface area contributed by atoms with E-state index in [9.17, 15) is 4.79 Å². The van der Waals surface area contributed by atoms with E-state index in [4.69, 9.17) is 9.47 Å². The number of fused-ring (bicyclic) bond motifs is 2. The van der Waals surface area contributed by atoms with Crippen LogP contribution in [0.25, 0.3) is 10.2 Å². The minimum atomic E-state index is -0.247. The Morgan fingerprint density at radius 3 is 2.68 bits per heavy atom. The molecule has 0 saturated carbocycles. The van der Waals surface area contributed by atoms with Crippen molar-refractivity contribution in [2.24, 2.45) is 12.0 Å². The number of ether oxygens (including phenoxy) is 2. The van der Waals surface area contributed by atoms with E-state index in [1.54, 1.807) is 12.1 Å². The van der Waals surface area contributed by atoms with Crippen molar-refractivity contribution >= 4 is 27.5 Å². The minimum absolute atomic E-state index is 0.247. The average molecular weight is 312 g/mol. The van der Waals surface area contributed by atoms with Gasteiger partial charge in [0.05, 0.1) is 10.2 Å². The van der Waals surface area contributed by atoms with Crippen molar-refractivity contribution in [2.45, 2.75) is 0 Å².